The van der Waals surface area contributed by atoms with Crippen LogP contribution in [0.5, 0.6) is 5.75 Å². The third-order valence-electron chi connectivity index (χ3n) is 4.13. The molecule has 2 unspecified atom stereocenters. The van der Waals surface area contributed by atoms with Crippen molar-refractivity contribution in [2.75, 3.05) is 6.61 Å². The smallest absolute Gasteiger partial charge is 0.186 e. The lowest BCUT2D eigenvalue weighted by Gasteiger charge is -2.31. The van der Waals surface area contributed by atoms with Crippen molar-refractivity contribution in [1.82, 2.24) is 0 Å². The topological polar surface area (TPSA) is 43.4 Å². The van der Waals surface area contributed by atoms with Gasteiger partial charge in [0.05, 0.1) is 17.1 Å². The Balaban J connectivity index is 2.16. The molecule has 1 aliphatic rings. The van der Waals surface area contributed by atoms with E-state index in [9.17, 15) is 21.6 Å². The Morgan fingerprint density at radius 1 is 1.08 bits per heavy atom. The normalized spacial score (nSPS) is 20.3. The van der Waals surface area contributed by atoms with Crippen LogP contribution in [0.15, 0.2) is 41.3 Å². The molecule has 7 heteroatoms. The van der Waals surface area contributed by atoms with Crippen LogP contribution >= 0.6 is 0 Å². The first-order valence-electron chi connectivity index (χ1n) is 7.35. The molecule has 3 rings (SSSR count). The third kappa shape index (κ3) is 2.66. The minimum Gasteiger partial charge on any atom is -0.490 e. The highest BCUT2D eigenvalue weighted by Crippen LogP contribution is 2.45. The Hall–Kier alpha value is -2.02. The Kier molecular flexibility index (Phi) is 4.29. The number of sulfone groups is 1. The van der Waals surface area contributed by atoms with E-state index in [1.165, 1.54) is 24.3 Å². The SMILES string of the molecule is CC1COc2c(F)ccc(F)c2C1S(=O)(=O)c1ccc(CF)cc1. The number of ether oxygens (including phenoxy) is 1. The maximum absolute atomic E-state index is 14.3. The van der Waals surface area contributed by atoms with E-state index in [-0.39, 0.29) is 22.8 Å². The van der Waals surface area contributed by atoms with Crippen LogP contribution in [0.1, 0.15) is 23.3 Å². The Morgan fingerprint density at radius 3 is 2.33 bits per heavy atom. The number of halogens is 3. The van der Waals surface area contributed by atoms with Crippen LogP contribution in [0, 0.1) is 17.6 Å². The average molecular weight is 356 g/mol. The fraction of sp³-hybridized carbons (Fsp3) is 0.294. The Labute approximate surface area is 138 Å². The Morgan fingerprint density at radius 2 is 1.71 bits per heavy atom. The Bertz CT molecular complexity index is 863. The van der Waals surface area contributed by atoms with Gasteiger partial charge in [0.25, 0.3) is 0 Å². The molecule has 128 valence electrons. The van der Waals surface area contributed by atoms with Gasteiger partial charge in [-0.3, -0.25) is 0 Å². The first-order valence-corrected chi connectivity index (χ1v) is 8.90. The molecule has 24 heavy (non-hydrogen) atoms. The third-order valence-corrected chi connectivity index (χ3v) is 6.43. The first kappa shape index (κ1) is 16.8. The summed E-state index contributed by atoms with van der Waals surface area (Å²) in [5.74, 6) is -2.56. The molecule has 1 heterocycles. The van der Waals surface area contributed by atoms with Crippen molar-refractivity contribution in [3.05, 3.63) is 59.2 Å². The van der Waals surface area contributed by atoms with Crippen LogP contribution in [0.25, 0.3) is 0 Å². The summed E-state index contributed by atoms with van der Waals surface area (Å²) in [6, 6.07) is 7.08. The average Bonchev–Trinajstić information content (AvgIpc) is 2.58. The number of hydrogen-bond acceptors (Lipinski definition) is 3. The molecule has 0 bridgehead atoms. The summed E-state index contributed by atoms with van der Waals surface area (Å²) in [5, 5.41) is -1.27. The van der Waals surface area contributed by atoms with Crippen LogP contribution in [-0.4, -0.2) is 15.0 Å². The monoisotopic (exact) mass is 356 g/mol. The van der Waals surface area contributed by atoms with Gasteiger partial charge < -0.3 is 4.74 Å². The van der Waals surface area contributed by atoms with Gasteiger partial charge in [-0.1, -0.05) is 19.1 Å². The quantitative estimate of drug-likeness (QED) is 0.836. The maximum atomic E-state index is 14.3. The molecule has 0 aliphatic carbocycles. The largest absolute Gasteiger partial charge is 0.490 e. The molecule has 2 aromatic carbocycles. The van der Waals surface area contributed by atoms with Gasteiger partial charge in [0, 0.05) is 5.92 Å². The van der Waals surface area contributed by atoms with E-state index in [0.717, 1.165) is 12.1 Å². The van der Waals surface area contributed by atoms with E-state index in [1.807, 2.05) is 0 Å². The lowest BCUT2D eigenvalue weighted by atomic mass is 9.97. The highest BCUT2D eigenvalue weighted by atomic mass is 32.2. The summed E-state index contributed by atoms with van der Waals surface area (Å²) in [5.41, 5.74) is 0.0509. The number of rotatable bonds is 3. The molecular formula is C17H15F3O3S. The van der Waals surface area contributed by atoms with Gasteiger partial charge in [0.2, 0.25) is 0 Å². The highest BCUT2D eigenvalue weighted by Gasteiger charge is 2.42. The van der Waals surface area contributed by atoms with Crippen molar-refractivity contribution in [1.29, 1.82) is 0 Å². The lowest BCUT2D eigenvalue weighted by Crippen LogP contribution is -2.31. The summed E-state index contributed by atoms with van der Waals surface area (Å²) in [6.45, 7) is 0.849. The van der Waals surface area contributed by atoms with Crippen molar-refractivity contribution in [3.8, 4) is 5.75 Å². The minimum atomic E-state index is -4.00. The van der Waals surface area contributed by atoms with Gasteiger partial charge >= 0.3 is 0 Å². The van der Waals surface area contributed by atoms with E-state index in [1.54, 1.807) is 6.92 Å². The molecule has 0 saturated heterocycles. The van der Waals surface area contributed by atoms with E-state index < -0.39 is 39.3 Å². The second-order valence-corrected chi connectivity index (χ2v) is 7.87. The molecule has 2 aromatic rings. The van der Waals surface area contributed by atoms with Crippen LogP contribution in [-0.2, 0) is 16.5 Å². The molecule has 1 aliphatic heterocycles. The summed E-state index contributed by atoms with van der Waals surface area (Å²) < 4.78 is 72.0. The molecule has 0 N–H and O–H groups in total. The second-order valence-electron chi connectivity index (χ2n) is 5.80. The molecule has 0 fully saturated rings. The van der Waals surface area contributed by atoms with E-state index in [2.05, 4.69) is 0 Å². The molecule has 3 nitrogen and oxygen atoms in total. The molecule has 0 spiro atoms. The molecule has 0 amide bonds. The number of fused-ring (bicyclic) bond motifs is 1. The molecule has 0 aromatic heterocycles. The van der Waals surface area contributed by atoms with Gasteiger partial charge in [-0.05, 0) is 29.8 Å². The zero-order chi connectivity index (χ0) is 17.5. The van der Waals surface area contributed by atoms with E-state index >= 15 is 0 Å². The zero-order valence-corrected chi connectivity index (χ0v) is 13.6. The minimum absolute atomic E-state index is 0.0418. The summed E-state index contributed by atoms with van der Waals surface area (Å²) >= 11 is 0. The van der Waals surface area contributed by atoms with Crippen LogP contribution in [0.3, 0.4) is 0 Å². The fourth-order valence-corrected chi connectivity index (χ4v) is 4.95. The van der Waals surface area contributed by atoms with Crippen molar-refractivity contribution >= 4 is 9.84 Å². The van der Waals surface area contributed by atoms with Crippen molar-refractivity contribution < 1.29 is 26.3 Å². The van der Waals surface area contributed by atoms with Crippen LogP contribution < -0.4 is 4.74 Å². The van der Waals surface area contributed by atoms with Gasteiger partial charge in [-0.25, -0.2) is 21.6 Å². The first-order chi connectivity index (χ1) is 11.4. The number of benzene rings is 2. The maximum Gasteiger partial charge on any atom is 0.186 e. The molecular weight excluding hydrogens is 341 g/mol. The predicted octanol–water partition coefficient (Wildman–Crippen LogP) is 3.98. The fourth-order valence-electron chi connectivity index (χ4n) is 2.92. The van der Waals surface area contributed by atoms with Crippen LogP contribution in [0.2, 0.25) is 0 Å². The summed E-state index contributed by atoms with van der Waals surface area (Å²) in [7, 11) is -4.00. The van der Waals surface area contributed by atoms with Gasteiger partial charge in [-0.2, -0.15) is 0 Å². The van der Waals surface area contributed by atoms with Gasteiger partial charge in [-0.15, -0.1) is 0 Å². The number of alkyl halides is 1. The number of hydrogen-bond donors (Lipinski definition) is 0. The zero-order valence-electron chi connectivity index (χ0n) is 12.8. The molecule has 0 radical (unpaired) electrons. The van der Waals surface area contributed by atoms with Crippen LogP contribution in [0.4, 0.5) is 13.2 Å². The second kappa shape index (κ2) is 6.12. The van der Waals surface area contributed by atoms with Gasteiger partial charge in [0.15, 0.2) is 21.4 Å². The van der Waals surface area contributed by atoms with Gasteiger partial charge in [0.1, 0.15) is 17.7 Å². The van der Waals surface area contributed by atoms with Crippen molar-refractivity contribution in [2.45, 2.75) is 23.7 Å². The highest BCUT2D eigenvalue weighted by molar-refractivity contribution is 7.91. The van der Waals surface area contributed by atoms with E-state index in [0.29, 0.717) is 5.56 Å². The molecule has 2 atom stereocenters. The molecule has 0 saturated carbocycles. The lowest BCUT2D eigenvalue weighted by molar-refractivity contribution is 0.213. The van der Waals surface area contributed by atoms with Crippen molar-refractivity contribution in [2.24, 2.45) is 5.92 Å². The van der Waals surface area contributed by atoms with E-state index in [4.69, 9.17) is 4.74 Å². The summed E-state index contributed by atoms with van der Waals surface area (Å²) in [4.78, 5) is -0.0620. The standard InChI is InChI=1S/C17H15F3O3S/c1-10-9-23-16-14(20)7-6-13(19)15(16)17(10)24(21,22)12-4-2-11(8-18)3-5-12/h2-7,10,17H,8-9H2,1H3. The van der Waals surface area contributed by atoms with Crippen molar-refractivity contribution in [3.63, 3.8) is 0 Å². The predicted molar refractivity (Wildman–Crippen MR) is 82.2 cm³/mol. The summed E-state index contributed by atoms with van der Waals surface area (Å²) in [6.07, 6.45) is 0.